The Morgan fingerprint density at radius 3 is 2.12 bits per heavy atom. The second-order valence-electron chi connectivity index (χ2n) is 11.0. The van der Waals surface area contributed by atoms with Crippen LogP contribution in [0.3, 0.4) is 0 Å². The zero-order chi connectivity index (χ0) is 26.4. The fourth-order valence-corrected chi connectivity index (χ4v) is 8.27. The number of hydrogen-bond acceptors (Lipinski definition) is 1. The molecule has 0 saturated heterocycles. The maximum atomic E-state index is 2.43. The SMILES string of the molecule is Cc1cn2c3c(cccc13)B1c3ccc(-c4ccc(-c5ccccc5)c5ccccc45)cc3Sc3cccc-2c31. The number of benzene rings is 6. The first-order valence-corrected chi connectivity index (χ1v) is 14.7. The van der Waals surface area contributed by atoms with Gasteiger partial charge in [-0.2, -0.15) is 0 Å². The van der Waals surface area contributed by atoms with E-state index in [9.17, 15) is 0 Å². The Bertz CT molecular complexity index is 2160. The highest BCUT2D eigenvalue weighted by Crippen LogP contribution is 2.40. The highest BCUT2D eigenvalue weighted by molar-refractivity contribution is 8.00. The molecule has 2 aliphatic rings. The lowest BCUT2D eigenvalue weighted by Crippen LogP contribution is -2.58. The monoisotopic (exact) mass is 525 g/mol. The van der Waals surface area contributed by atoms with Crippen molar-refractivity contribution in [3.63, 3.8) is 0 Å². The summed E-state index contributed by atoms with van der Waals surface area (Å²) in [5.74, 6) is 0. The van der Waals surface area contributed by atoms with Gasteiger partial charge in [0, 0.05) is 32.6 Å². The third-order valence-corrected chi connectivity index (χ3v) is 9.97. The van der Waals surface area contributed by atoms with Crippen LogP contribution in [0.25, 0.3) is 49.6 Å². The van der Waals surface area contributed by atoms with Crippen LogP contribution in [0.15, 0.2) is 137 Å². The quantitative estimate of drug-likeness (QED) is 0.209. The van der Waals surface area contributed by atoms with Crippen molar-refractivity contribution in [1.82, 2.24) is 4.57 Å². The van der Waals surface area contributed by atoms with Gasteiger partial charge in [-0.25, -0.2) is 0 Å². The van der Waals surface area contributed by atoms with Crippen LogP contribution >= 0.6 is 11.8 Å². The van der Waals surface area contributed by atoms with Gasteiger partial charge in [-0.3, -0.25) is 0 Å². The fraction of sp³-hybridized carbons (Fsp3) is 0.0270. The highest BCUT2D eigenvalue weighted by atomic mass is 32.2. The molecule has 1 nitrogen and oxygen atoms in total. The van der Waals surface area contributed by atoms with Crippen LogP contribution < -0.4 is 16.4 Å². The molecule has 3 heterocycles. The molecular weight excluding hydrogens is 501 g/mol. The number of para-hydroxylation sites is 1. The minimum absolute atomic E-state index is 0.249. The topological polar surface area (TPSA) is 4.93 Å². The van der Waals surface area contributed by atoms with E-state index in [0.717, 1.165) is 0 Å². The van der Waals surface area contributed by atoms with Crippen LogP contribution in [0.4, 0.5) is 0 Å². The Morgan fingerprint density at radius 2 is 1.30 bits per heavy atom. The van der Waals surface area contributed by atoms with Gasteiger partial charge in [-0.1, -0.05) is 120 Å². The van der Waals surface area contributed by atoms with Crippen molar-refractivity contribution in [2.45, 2.75) is 16.7 Å². The number of aryl methyl sites for hydroxylation is 1. The molecule has 2 aliphatic heterocycles. The summed E-state index contributed by atoms with van der Waals surface area (Å²) in [6.07, 6.45) is 2.31. The van der Waals surface area contributed by atoms with Crippen LogP contribution in [0, 0.1) is 6.92 Å². The minimum atomic E-state index is 0.249. The van der Waals surface area contributed by atoms with Crippen molar-refractivity contribution in [3.05, 3.63) is 133 Å². The van der Waals surface area contributed by atoms with E-state index in [1.54, 1.807) is 0 Å². The second-order valence-corrected chi connectivity index (χ2v) is 12.1. The van der Waals surface area contributed by atoms with Crippen LogP contribution in [0.2, 0.25) is 0 Å². The van der Waals surface area contributed by atoms with Crippen LogP contribution in [0.1, 0.15) is 5.56 Å². The largest absolute Gasteiger partial charge is 0.317 e. The maximum absolute atomic E-state index is 2.43. The molecule has 3 heteroatoms. The average molecular weight is 525 g/mol. The molecule has 0 fully saturated rings. The molecule has 0 bridgehead atoms. The number of rotatable bonds is 2. The molecule has 0 aliphatic carbocycles. The summed E-state index contributed by atoms with van der Waals surface area (Å²) in [7, 11) is 0. The summed E-state index contributed by atoms with van der Waals surface area (Å²) >= 11 is 1.92. The summed E-state index contributed by atoms with van der Waals surface area (Å²) in [5, 5.41) is 3.94. The van der Waals surface area contributed by atoms with Gasteiger partial charge in [0.15, 0.2) is 0 Å². The highest BCUT2D eigenvalue weighted by Gasteiger charge is 2.38. The molecule has 0 spiro atoms. The van der Waals surface area contributed by atoms with Crippen LogP contribution in [-0.4, -0.2) is 11.3 Å². The van der Waals surface area contributed by atoms with Gasteiger partial charge in [0.25, 0.3) is 0 Å². The Hall–Kier alpha value is -4.47. The molecule has 7 aromatic rings. The van der Waals surface area contributed by atoms with E-state index in [4.69, 9.17) is 0 Å². The first-order chi connectivity index (χ1) is 19.8. The number of aromatic nitrogens is 1. The van der Waals surface area contributed by atoms with Gasteiger partial charge < -0.3 is 4.57 Å². The molecule has 0 atom stereocenters. The van der Waals surface area contributed by atoms with E-state index in [2.05, 4.69) is 139 Å². The van der Waals surface area contributed by atoms with Gasteiger partial charge >= 0.3 is 0 Å². The number of fused-ring (bicyclic) bond motifs is 5. The summed E-state index contributed by atoms with van der Waals surface area (Å²) in [4.78, 5) is 2.72. The Balaban J connectivity index is 1.25. The summed E-state index contributed by atoms with van der Waals surface area (Å²) in [5.41, 5.74) is 13.4. The number of nitrogens with zero attached hydrogens (tertiary/aromatic N) is 1. The van der Waals surface area contributed by atoms with Crippen molar-refractivity contribution in [3.8, 4) is 27.9 Å². The molecule has 1 aromatic heterocycles. The van der Waals surface area contributed by atoms with Crippen LogP contribution in [-0.2, 0) is 0 Å². The number of hydrogen-bond donors (Lipinski definition) is 0. The molecule has 186 valence electrons. The average Bonchev–Trinajstić information content (AvgIpc) is 3.35. The van der Waals surface area contributed by atoms with E-state index in [0.29, 0.717) is 0 Å². The lowest BCUT2D eigenvalue weighted by Gasteiger charge is -2.33. The smallest absolute Gasteiger partial charge is 0.249 e. The van der Waals surface area contributed by atoms with E-state index in [1.807, 2.05) is 11.8 Å². The molecule has 6 aromatic carbocycles. The van der Waals surface area contributed by atoms with Gasteiger partial charge in [0.05, 0.1) is 0 Å². The van der Waals surface area contributed by atoms with Crippen molar-refractivity contribution in [2.75, 3.05) is 0 Å². The Labute approximate surface area is 238 Å². The van der Waals surface area contributed by atoms with E-state index < -0.39 is 0 Å². The van der Waals surface area contributed by atoms with Crippen molar-refractivity contribution < 1.29 is 0 Å². The summed E-state index contributed by atoms with van der Waals surface area (Å²) < 4.78 is 2.43. The molecular formula is C37H24BNS. The molecule has 0 radical (unpaired) electrons. The Kier molecular flexibility index (Phi) is 4.62. The fourth-order valence-electron chi connectivity index (χ4n) is 7.07. The van der Waals surface area contributed by atoms with Crippen molar-refractivity contribution in [2.24, 2.45) is 0 Å². The molecule has 40 heavy (non-hydrogen) atoms. The van der Waals surface area contributed by atoms with Crippen molar-refractivity contribution in [1.29, 1.82) is 0 Å². The summed E-state index contributed by atoms with van der Waals surface area (Å²) in [6.45, 7) is 2.48. The molecule has 0 amide bonds. The van der Waals surface area contributed by atoms with Gasteiger partial charge in [0.1, 0.15) is 0 Å². The summed E-state index contributed by atoms with van der Waals surface area (Å²) in [6, 6.07) is 45.0. The third-order valence-electron chi connectivity index (χ3n) is 8.82. The van der Waals surface area contributed by atoms with Gasteiger partial charge in [-0.15, -0.1) is 0 Å². The molecule has 0 unspecified atom stereocenters. The second kappa shape index (κ2) is 8.27. The zero-order valence-corrected chi connectivity index (χ0v) is 22.9. The van der Waals surface area contributed by atoms with Crippen LogP contribution in [0.5, 0.6) is 0 Å². The maximum Gasteiger partial charge on any atom is 0.249 e. The molecule has 0 N–H and O–H groups in total. The van der Waals surface area contributed by atoms with E-state index in [1.165, 1.54) is 81.4 Å². The molecule has 9 rings (SSSR count). The predicted molar refractivity (Wildman–Crippen MR) is 172 cm³/mol. The predicted octanol–water partition coefficient (Wildman–Crippen LogP) is 7.72. The van der Waals surface area contributed by atoms with E-state index in [-0.39, 0.29) is 6.71 Å². The minimum Gasteiger partial charge on any atom is -0.317 e. The first-order valence-electron chi connectivity index (χ1n) is 13.9. The lowest BCUT2D eigenvalue weighted by molar-refractivity contribution is 1.11. The first kappa shape index (κ1) is 22.4. The van der Waals surface area contributed by atoms with E-state index >= 15 is 0 Å². The zero-order valence-electron chi connectivity index (χ0n) is 22.1. The Morgan fingerprint density at radius 1 is 0.575 bits per heavy atom. The normalized spacial score (nSPS) is 13.0. The van der Waals surface area contributed by atoms with Gasteiger partial charge in [0.2, 0.25) is 6.71 Å². The molecule has 0 saturated carbocycles. The van der Waals surface area contributed by atoms with Crippen molar-refractivity contribution >= 4 is 56.5 Å². The standard InChI is InChI=1S/C37H24BNS/c1-23-22-39-33-15-8-16-34-36(33)38(32-14-7-13-26(23)37(32)39)31-20-17-25(21-35(31)40-34)28-19-18-27(24-9-3-2-4-10-24)29-11-5-6-12-30(28)29/h2-22H,1H3. The van der Waals surface area contributed by atoms with Gasteiger partial charge in [-0.05, 0) is 74.6 Å². The lowest BCUT2D eigenvalue weighted by atomic mass is 9.35. The third kappa shape index (κ3) is 3.01.